The van der Waals surface area contributed by atoms with Crippen molar-refractivity contribution in [1.82, 2.24) is 0 Å². The van der Waals surface area contributed by atoms with Crippen LogP contribution in [0.3, 0.4) is 0 Å². The van der Waals surface area contributed by atoms with Gasteiger partial charge in [-0.25, -0.2) is 0 Å². The number of benzene rings is 1. The minimum atomic E-state index is 0.732. The number of hydrogen-bond donors (Lipinski definition) is 2. The zero-order valence-corrected chi connectivity index (χ0v) is 5.49. The molecule has 0 unspecified atom stereocenters. The van der Waals surface area contributed by atoms with Crippen LogP contribution in [0.5, 0.6) is 0 Å². The average Bonchev–Trinajstić information content (AvgIpc) is 1.95. The molecule has 0 heterocycles. The average molecular weight is 135 g/mol. The second kappa shape index (κ2) is 2.92. The Kier molecular flexibility index (Phi) is 1.95. The van der Waals surface area contributed by atoms with Crippen LogP contribution in [0.25, 0.3) is 6.08 Å². The van der Waals surface area contributed by atoms with Gasteiger partial charge in [-0.3, -0.25) is 0 Å². The maximum atomic E-state index is 8.38. The SMILES string of the molecule is Nc1ccc(C=CO)cc1. The number of aliphatic hydroxyl groups excluding tert-OH is 1. The molecule has 0 spiro atoms. The van der Waals surface area contributed by atoms with Crippen LogP contribution in [0, 0.1) is 0 Å². The quantitative estimate of drug-likeness (QED) is 0.455. The summed E-state index contributed by atoms with van der Waals surface area (Å²) in [6, 6.07) is 7.24. The molecule has 0 radical (unpaired) electrons. The molecular weight excluding hydrogens is 126 g/mol. The molecule has 0 fully saturated rings. The number of rotatable bonds is 1. The highest BCUT2D eigenvalue weighted by atomic mass is 16.2. The molecular formula is C8H9NO. The van der Waals surface area contributed by atoms with E-state index in [-0.39, 0.29) is 0 Å². The fourth-order valence-electron chi connectivity index (χ4n) is 0.693. The molecule has 52 valence electrons. The van der Waals surface area contributed by atoms with Crippen molar-refractivity contribution in [1.29, 1.82) is 0 Å². The number of nitrogen functional groups attached to an aromatic ring is 1. The van der Waals surface area contributed by atoms with E-state index < -0.39 is 0 Å². The van der Waals surface area contributed by atoms with Crippen molar-refractivity contribution >= 4 is 11.8 Å². The number of anilines is 1. The summed E-state index contributed by atoms with van der Waals surface area (Å²) in [6.07, 6.45) is 2.60. The fourth-order valence-corrected chi connectivity index (χ4v) is 0.693. The predicted octanol–water partition coefficient (Wildman–Crippen LogP) is 1.80. The molecule has 0 aliphatic rings. The lowest BCUT2D eigenvalue weighted by Crippen LogP contribution is -1.82. The molecule has 0 saturated carbocycles. The second-order valence-electron chi connectivity index (χ2n) is 1.98. The Morgan fingerprint density at radius 2 is 1.80 bits per heavy atom. The van der Waals surface area contributed by atoms with Crippen molar-refractivity contribution < 1.29 is 5.11 Å². The van der Waals surface area contributed by atoms with Crippen LogP contribution in [0.2, 0.25) is 0 Å². The highest BCUT2D eigenvalue weighted by Crippen LogP contribution is 2.05. The van der Waals surface area contributed by atoms with Gasteiger partial charge in [0.15, 0.2) is 0 Å². The van der Waals surface area contributed by atoms with Gasteiger partial charge in [-0.05, 0) is 23.8 Å². The van der Waals surface area contributed by atoms with Gasteiger partial charge < -0.3 is 10.8 Å². The van der Waals surface area contributed by atoms with Gasteiger partial charge in [-0.15, -0.1) is 0 Å². The first-order valence-electron chi connectivity index (χ1n) is 2.99. The van der Waals surface area contributed by atoms with Crippen molar-refractivity contribution in [2.24, 2.45) is 0 Å². The molecule has 1 aromatic rings. The maximum absolute atomic E-state index is 8.38. The number of aliphatic hydroxyl groups is 1. The van der Waals surface area contributed by atoms with Crippen LogP contribution in [-0.4, -0.2) is 5.11 Å². The Bertz CT molecular complexity index is 226. The van der Waals surface area contributed by atoms with E-state index in [9.17, 15) is 0 Å². The third-order valence-electron chi connectivity index (χ3n) is 1.20. The highest BCUT2D eigenvalue weighted by Gasteiger charge is 1.84. The first kappa shape index (κ1) is 6.68. The number of nitrogens with two attached hydrogens (primary N) is 1. The van der Waals surface area contributed by atoms with Crippen molar-refractivity contribution in [3.63, 3.8) is 0 Å². The topological polar surface area (TPSA) is 46.2 Å². The highest BCUT2D eigenvalue weighted by molar-refractivity contribution is 5.52. The first-order chi connectivity index (χ1) is 4.83. The molecule has 2 nitrogen and oxygen atoms in total. The Balaban J connectivity index is 2.89. The van der Waals surface area contributed by atoms with Crippen LogP contribution < -0.4 is 5.73 Å². The van der Waals surface area contributed by atoms with Gasteiger partial charge in [0.1, 0.15) is 0 Å². The van der Waals surface area contributed by atoms with Crippen molar-refractivity contribution in [2.75, 3.05) is 5.73 Å². The van der Waals surface area contributed by atoms with E-state index in [0.717, 1.165) is 17.5 Å². The summed E-state index contributed by atoms with van der Waals surface area (Å²) in [5.41, 5.74) is 7.11. The normalized spacial score (nSPS) is 10.4. The summed E-state index contributed by atoms with van der Waals surface area (Å²) < 4.78 is 0. The molecule has 0 bridgehead atoms. The fraction of sp³-hybridized carbons (Fsp3) is 0. The summed E-state index contributed by atoms with van der Waals surface area (Å²) in [5, 5.41) is 8.38. The third-order valence-corrected chi connectivity index (χ3v) is 1.20. The molecule has 2 heteroatoms. The van der Waals surface area contributed by atoms with E-state index in [0.29, 0.717) is 0 Å². The van der Waals surface area contributed by atoms with Crippen molar-refractivity contribution in [3.8, 4) is 0 Å². The van der Waals surface area contributed by atoms with E-state index >= 15 is 0 Å². The Morgan fingerprint density at radius 1 is 1.20 bits per heavy atom. The van der Waals surface area contributed by atoms with Gasteiger partial charge >= 0.3 is 0 Å². The van der Waals surface area contributed by atoms with E-state index in [4.69, 9.17) is 10.8 Å². The van der Waals surface area contributed by atoms with Gasteiger partial charge in [-0.1, -0.05) is 12.1 Å². The molecule has 0 aliphatic heterocycles. The molecule has 1 aromatic carbocycles. The van der Waals surface area contributed by atoms with Gasteiger partial charge in [0.2, 0.25) is 0 Å². The predicted molar refractivity (Wildman–Crippen MR) is 42.5 cm³/mol. The molecule has 0 atom stereocenters. The lowest BCUT2D eigenvalue weighted by Gasteiger charge is -1.92. The van der Waals surface area contributed by atoms with Gasteiger partial charge in [-0.2, -0.15) is 0 Å². The lowest BCUT2D eigenvalue weighted by atomic mass is 10.2. The van der Waals surface area contributed by atoms with Crippen LogP contribution >= 0.6 is 0 Å². The van der Waals surface area contributed by atoms with Gasteiger partial charge in [0.25, 0.3) is 0 Å². The largest absolute Gasteiger partial charge is 0.516 e. The Morgan fingerprint density at radius 3 is 2.30 bits per heavy atom. The molecule has 0 amide bonds. The van der Waals surface area contributed by atoms with Crippen molar-refractivity contribution in [3.05, 3.63) is 36.1 Å². The van der Waals surface area contributed by atoms with E-state index in [1.54, 1.807) is 18.2 Å². The first-order valence-corrected chi connectivity index (χ1v) is 2.99. The van der Waals surface area contributed by atoms with E-state index in [1.807, 2.05) is 12.1 Å². The van der Waals surface area contributed by atoms with Crippen LogP contribution in [0.1, 0.15) is 5.56 Å². The summed E-state index contributed by atoms with van der Waals surface area (Å²) in [5.74, 6) is 0. The molecule has 1 rings (SSSR count). The molecule has 10 heavy (non-hydrogen) atoms. The standard InChI is InChI=1S/C8H9NO/c9-8-3-1-7(2-4-8)5-6-10/h1-6,10H,9H2. The zero-order chi connectivity index (χ0) is 7.40. The summed E-state index contributed by atoms with van der Waals surface area (Å²) >= 11 is 0. The number of hydrogen-bond acceptors (Lipinski definition) is 2. The van der Waals surface area contributed by atoms with Gasteiger partial charge in [0, 0.05) is 5.69 Å². The molecule has 3 N–H and O–H groups in total. The summed E-state index contributed by atoms with van der Waals surface area (Å²) in [4.78, 5) is 0. The van der Waals surface area contributed by atoms with E-state index in [2.05, 4.69) is 0 Å². The molecule has 0 saturated heterocycles. The van der Waals surface area contributed by atoms with Crippen LogP contribution in [-0.2, 0) is 0 Å². The molecule has 0 aliphatic carbocycles. The monoisotopic (exact) mass is 135 g/mol. The van der Waals surface area contributed by atoms with Crippen LogP contribution in [0.15, 0.2) is 30.5 Å². The Labute approximate surface area is 59.6 Å². The summed E-state index contributed by atoms with van der Waals surface area (Å²) in [6.45, 7) is 0. The smallest absolute Gasteiger partial charge is 0.0797 e. The minimum absolute atomic E-state index is 0.732. The lowest BCUT2D eigenvalue weighted by molar-refractivity contribution is 0.478. The van der Waals surface area contributed by atoms with E-state index in [1.165, 1.54) is 0 Å². The Hall–Kier alpha value is -1.44. The van der Waals surface area contributed by atoms with Crippen LogP contribution in [0.4, 0.5) is 5.69 Å². The maximum Gasteiger partial charge on any atom is 0.0797 e. The third kappa shape index (κ3) is 1.52. The van der Waals surface area contributed by atoms with Crippen molar-refractivity contribution in [2.45, 2.75) is 0 Å². The zero-order valence-electron chi connectivity index (χ0n) is 5.49. The van der Waals surface area contributed by atoms with Gasteiger partial charge in [0.05, 0.1) is 6.26 Å². The minimum Gasteiger partial charge on any atom is -0.516 e. The second-order valence-corrected chi connectivity index (χ2v) is 1.98. The summed E-state index contributed by atoms with van der Waals surface area (Å²) in [7, 11) is 0. The molecule has 0 aromatic heterocycles.